The Morgan fingerprint density at radius 2 is 2.33 bits per heavy atom. The predicted octanol–water partition coefficient (Wildman–Crippen LogP) is 0.386. The monoisotopic (exact) mass is 287 g/mol. The minimum Gasteiger partial charge on any atom is -0.362 e. The number of amides is 1. The van der Waals surface area contributed by atoms with Crippen LogP contribution in [0.5, 0.6) is 0 Å². The fraction of sp³-hybridized carbons (Fsp3) is 0.250. The third kappa shape index (κ3) is 2.53. The highest BCUT2D eigenvalue weighted by atomic mass is 16.5. The number of primary amides is 1. The lowest BCUT2D eigenvalue weighted by Crippen LogP contribution is -2.12. The van der Waals surface area contributed by atoms with Gasteiger partial charge in [0.25, 0.3) is 0 Å². The number of hydrogen-bond acceptors (Lipinski definition) is 7. The zero-order valence-corrected chi connectivity index (χ0v) is 11.3. The van der Waals surface area contributed by atoms with E-state index in [-0.39, 0.29) is 12.4 Å². The summed E-state index contributed by atoms with van der Waals surface area (Å²) >= 11 is 0. The fourth-order valence-corrected chi connectivity index (χ4v) is 1.87. The van der Waals surface area contributed by atoms with Crippen LogP contribution in [0.15, 0.2) is 22.9 Å². The van der Waals surface area contributed by atoms with E-state index < -0.39 is 5.91 Å². The molecule has 0 aromatic carbocycles. The van der Waals surface area contributed by atoms with Crippen LogP contribution in [0.2, 0.25) is 0 Å². The van der Waals surface area contributed by atoms with Crippen LogP contribution in [0, 0.1) is 0 Å². The summed E-state index contributed by atoms with van der Waals surface area (Å²) in [6.45, 7) is 2.30. The summed E-state index contributed by atoms with van der Waals surface area (Å²) in [6, 6.07) is 3.72. The summed E-state index contributed by atoms with van der Waals surface area (Å²) in [5.74, 6) is 0.131. The summed E-state index contributed by atoms with van der Waals surface area (Å²) in [6.07, 6.45) is 2.48. The Morgan fingerprint density at radius 3 is 3.05 bits per heavy atom. The summed E-state index contributed by atoms with van der Waals surface area (Å²) < 4.78 is 6.40. The number of rotatable bonds is 5. The van der Waals surface area contributed by atoms with Crippen LogP contribution in [-0.2, 0) is 13.0 Å². The SMILES string of the molecule is CCc1cc(NCc2noc(C(N)=O)n2)n2nccc2n1. The molecule has 3 aromatic rings. The minimum absolute atomic E-state index is 0.208. The van der Waals surface area contributed by atoms with Crippen LogP contribution in [0.3, 0.4) is 0 Å². The Bertz CT molecular complexity index is 792. The largest absolute Gasteiger partial charge is 0.362 e. The van der Waals surface area contributed by atoms with Crippen molar-refractivity contribution in [3.63, 3.8) is 0 Å². The lowest BCUT2D eigenvalue weighted by Gasteiger charge is -2.08. The van der Waals surface area contributed by atoms with E-state index in [9.17, 15) is 4.79 Å². The van der Waals surface area contributed by atoms with Gasteiger partial charge in [-0.1, -0.05) is 12.1 Å². The molecule has 3 aromatic heterocycles. The zero-order valence-electron chi connectivity index (χ0n) is 11.3. The van der Waals surface area contributed by atoms with E-state index in [1.165, 1.54) is 0 Å². The van der Waals surface area contributed by atoms with Gasteiger partial charge in [-0.15, -0.1) is 0 Å². The van der Waals surface area contributed by atoms with Gasteiger partial charge in [-0.3, -0.25) is 4.79 Å². The third-order valence-electron chi connectivity index (χ3n) is 2.88. The Balaban J connectivity index is 1.83. The number of nitrogens with one attached hydrogen (secondary N) is 1. The summed E-state index contributed by atoms with van der Waals surface area (Å²) in [5, 5.41) is 11.0. The summed E-state index contributed by atoms with van der Waals surface area (Å²) in [5.41, 5.74) is 6.75. The molecule has 3 heterocycles. The number of aromatic nitrogens is 5. The number of nitrogens with two attached hydrogens (primary N) is 1. The van der Waals surface area contributed by atoms with Gasteiger partial charge in [-0.25, -0.2) is 4.98 Å². The maximum atomic E-state index is 10.9. The number of aryl methyl sites for hydroxylation is 1. The van der Waals surface area contributed by atoms with E-state index in [4.69, 9.17) is 10.3 Å². The number of nitrogens with zero attached hydrogens (tertiary/aromatic N) is 5. The molecule has 0 aliphatic carbocycles. The van der Waals surface area contributed by atoms with E-state index in [2.05, 4.69) is 25.5 Å². The molecule has 0 radical (unpaired) electrons. The molecule has 3 rings (SSSR count). The standard InChI is InChI=1S/C12H13N7O2/c1-2-7-5-10(19-9(16-7)3-4-15-19)14-6-8-17-12(11(13)20)21-18-8/h3-5,14H,2,6H2,1H3,(H2,13,20). The van der Waals surface area contributed by atoms with Crippen LogP contribution in [0.1, 0.15) is 29.1 Å². The maximum Gasteiger partial charge on any atom is 0.315 e. The smallest absolute Gasteiger partial charge is 0.315 e. The highest BCUT2D eigenvalue weighted by Crippen LogP contribution is 2.13. The molecule has 0 aliphatic rings. The van der Waals surface area contributed by atoms with Crippen molar-refractivity contribution < 1.29 is 9.32 Å². The molecule has 0 bridgehead atoms. The number of carbonyl (C=O) groups is 1. The Morgan fingerprint density at radius 1 is 1.48 bits per heavy atom. The Labute approximate surface area is 119 Å². The van der Waals surface area contributed by atoms with E-state index in [0.717, 1.165) is 23.6 Å². The Hall–Kier alpha value is -2.97. The van der Waals surface area contributed by atoms with Gasteiger partial charge >= 0.3 is 11.8 Å². The second-order valence-corrected chi connectivity index (χ2v) is 4.32. The predicted molar refractivity (Wildman–Crippen MR) is 72.5 cm³/mol. The zero-order chi connectivity index (χ0) is 14.8. The third-order valence-corrected chi connectivity index (χ3v) is 2.88. The molecule has 0 saturated heterocycles. The Kier molecular flexibility index (Phi) is 3.22. The first kappa shape index (κ1) is 13.0. The van der Waals surface area contributed by atoms with Crippen LogP contribution in [0.25, 0.3) is 5.65 Å². The van der Waals surface area contributed by atoms with Gasteiger partial charge in [0.1, 0.15) is 5.82 Å². The van der Waals surface area contributed by atoms with Gasteiger partial charge in [0, 0.05) is 17.8 Å². The van der Waals surface area contributed by atoms with Gasteiger partial charge in [-0.2, -0.15) is 14.6 Å². The van der Waals surface area contributed by atoms with Gasteiger partial charge < -0.3 is 15.6 Å². The highest BCUT2D eigenvalue weighted by molar-refractivity contribution is 5.87. The number of fused-ring (bicyclic) bond motifs is 1. The second-order valence-electron chi connectivity index (χ2n) is 4.32. The summed E-state index contributed by atoms with van der Waals surface area (Å²) in [7, 11) is 0. The fourth-order valence-electron chi connectivity index (χ4n) is 1.87. The van der Waals surface area contributed by atoms with Crippen molar-refractivity contribution in [3.05, 3.63) is 35.7 Å². The van der Waals surface area contributed by atoms with E-state index in [1.807, 2.05) is 19.1 Å². The normalized spacial score (nSPS) is 10.9. The molecule has 9 heteroatoms. The molecule has 0 spiro atoms. The number of anilines is 1. The van der Waals surface area contributed by atoms with Crippen molar-refractivity contribution in [3.8, 4) is 0 Å². The molecular formula is C12H13N7O2. The average molecular weight is 287 g/mol. The van der Waals surface area contributed by atoms with Crippen LogP contribution in [0.4, 0.5) is 5.82 Å². The van der Waals surface area contributed by atoms with Crippen LogP contribution < -0.4 is 11.1 Å². The van der Waals surface area contributed by atoms with Crippen molar-refractivity contribution in [2.75, 3.05) is 5.32 Å². The van der Waals surface area contributed by atoms with Crippen molar-refractivity contribution >= 4 is 17.4 Å². The highest BCUT2D eigenvalue weighted by Gasteiger charge is 2.12. The van der Waals surface area contributed by atoms with Crippen LogP contribution >= 0.6 is 0 Å². The molecule has 9 nitrogen and oxygen atoms in total. The molecule has 0 aliphatic heterocycles. The first-order chi connectivity index (χ1) is 10.2. The second kappa shape index (κ2) is 5.19. The lowest BCUT2D eigenvalue weighted by molar-refractivity contribution is 0.0958. The summed E-state index contributed by atoms with van der Waals surface area (Å²) in [4.78, 5) is 19.2. The van der Waals surface area contributed by atoms with Gasteiger partial charge in [-0.05, 0) is 6.42 Å². The van der Waals surface area contributed by atoms with Gasteiger partial charge in [0.05, 0.1) is 12.7 Å². The van der Waals surface area contributed by atoms with Crippen molar-refractivity contribution in [2.24, 2.45) is 5.73 Å². The molecular weight excluding hydrogens is 274 g/mol. The maximum absolute atomic E-state index is 10.9. The number of hydrogen-bond donors (Lipinski definition) is 2. The number of carbonyl (C=O) groups excluding carboxylic acids is 1. The lowest BCUT2D eigenvalue weighted by atomic mass is 10.3. The van der Waals surface area contributed by atoms with Gasteiger partial charge in [0.2, 0.25) is 0 Å². The molecule has 0 saturated carbocycles. The van der Waals surface area contributed by atoms with E-state index in [1.54, 1.807) is 10.7 Å². The van der Waals surface area contributed by atoms with Gasteiger partial charge in [0.15, 0.2) is 11.5 Å². The molecule has 1 amide bonds. The van der Waals surface area contributed by atoms with Crippen LogP contribution in [-0.4, -0.2) is 30.6 Å². The van der Waals surface area contributed by atoms with Crippen molar-refractivity contribution in [2.45, 2.75) is 19.9 Å². The average Bonchev–Trinajstić information content (AvgIpc) is 3.13. The topological polar surface area (TPSA) is 124 Å². The van der Waals surface area contributed by atoms with Crippen molar-refractivity contribution in [1.82, 2.24) is 24.7 Å². The molecule has 0 unspecified atom stereocenters. The van der Waals surface area contributed by atoms with E-state index in [0.29, 0.717) is 5.82 Å². The first-order valence-electron chi connectivity index (χ1n) is 6.37. The molecule has 0 fully saturated rings. The van der Waals surface area contributed by atoms with Crippen molar-refractivity contribution in [1.29, 1.82) is 0 Å². The molecule has 108 valence electrons. The quantitative estimate of drug-likeness (QED) is 0.695. The van der Waals surface area contributed by atoms with E-state index >= 15 is 0 Å². The first-order valence-corrected chi connectivity index (χ1v) is 6.37. The minimum atomic E-state index is -0.750. The molecule has 3 N–H and O–H groups in total. The molecule has 21 heavy (non-hydrogen) atoms. The molecule has 0 atom stereocenters.